The summed E-state index contributed by atoms with van der Waals surface area (Å²) in [4.78, 5) is 11.7. The minimum atomic E-state index is -0.209. The molecule has 1 aliphatic carbocycles. The third kappa shape index (κ3) is 4.88. The highest BCUT2D eigenvalue weighted by atomic mass is 16.5. The minimum absolute atomic E-state index is 0.00512. The number of nitrogens with one attached hydrogen (secondary N) is 1. The van der Waals surface area contributed by atoms with E-state index in [-0.39, 0.29) is 12.5 Å². The molecular weight excluding hydrogens is 264 g/mol. The van der Waals surface area contributed by atoms with Crippen molar-refractivity contribution in [3.8, 4) is 5.75 Å². The Hall–Kier alpha value is -1.84. The monoisotopic (exact) mass is 288 g/mol. The van der Waals surface area contributed by atoms with Gasteiger partial charge in [0, 0.05) is 5.71 Å². The molecule has 0 heterocycles. The average molecular weight is 288 g/mol. The third-order valence-electron chi connectivity index (χ3n) is 3.93. The summed E-state index contributed by atoms with van der Waals surface area (Å²) in [6.07, 6.45) is 4.39. The van der Waals surface area contributed by atoms with Crippen LogP contribution in [0, 0.1) is 19.8 Å². The number of carbonyl (C=O) groups excluding carboxylic acids is 1. The summed E-state index contributed by atoms with van der Waals surface area (Å²) < 4.78 is 5.48. The van der Waals surface area contributed by atoms with Gasteiger partial charge in [-0.15, -0.1) is 0 Å². The van der Waals surface area contributed by atoms with E-state index >= 15 is 0 Å². The zero-order valence-electron chi connectivity index (χ0n) is 13.1. The van der Waals surface area contributed by atoms with E-state index in [1.807, 2.05) is 32.0 Å². The zero-order valence-corrected chi connectivity index (χ0v) is 13.1. The van der Waals surface area contributed by atoms with E-state index in [4.69, 9.17) is 4.74 Å². The minimum Gasteiger partial charge on any atom is -0.484 e. The van der Waals surface area contributed by atoms with Crippen LogP contribution in [0.5, 0.6) is 5.75 Å². The Morgan fingerprint density at radius 3 is 2.90 bits per heavy atom. The van der Waals surface area contributed by atoms with E-state index < -0.39 is 0 Å². The lowest BCUT2D eigenvalue weighted by Crippen LogP contribution is -2.27. The standard InChI is InChI=1S/C17H24N2O2/c1-12-5-4-6-15(9-12)18-19-17(20)11-21-16-8-7-13(2)14(3)10-16/h7-8,10,12H,4-6,9,11H2,1-3H3,(H,19,20)/b18-15-/t12-/m1/s1. The van der Waals surface area contributed by atoms with Crippen molar-refractivity contribution in [3.05, 3.63) is 29.3 Å². The first-order valence-electron chi connectivity index (χ1n) is 7.59. The molecule has 114 valence electrons. The molecule has 2 rings (SSSR count). The summed E-state index contributed by atoms with van der Waals surface area (Å²) in [6.45, 7) is 6.29. The van der Waals surface area contributed by atoms with E-state index in [1.165, 1.54) is 12.0 Å². The summed E-state index contributed by atoms with van der Waals surface area (Å²) in [5, 5.41) is 4.21. The average Bonchev–Trinajstić information content (AvgIpc) is 2.46. The molecule has 1 saturated carbocycles. The maximum Gasteiger partial charge on any atom is 0.277 e. The number of hydrazone groups is 1. The summed E-state index contributed by atoms with van der Waals surface area (Å²) in [5.74, 6) is 1.17. The second-order valence-electron chi connectivity index (χ2n) is 5.95. The number of ether oxygens (including phenoxy) is 1. The second-order valence-corrected chi connectivity index (χ2v) is 5.95. The highest BCUT2D eigenvalue weighted by Gasteiger charge is 2.14. The molecule has 1 fully saturated rings. The van der Waals surface area contributed by atoms with Gasteiger partial charge >= 0.3 is 0 Å². The van der Waals surface area contributed by atoms with Gasteiger partial charge in [-0.2, -0.15) is 5.10 Å². The summed E-state index contributed by atoms with van der Waals surface area (Å²) in [7, 11) is 0. The highest BCUT2D eigenvalue weighted by molar-refractivity contribution is 5.87. The molecule has 1 aromatic carbocycles. The normalized spacial score (nSPS) is 20.3. The van der Waals surface area contributed by atoms with Gasteiger partial charge in [-0.3, -0.25) is 4.79 Å². The van der Waals surface area contributed by atoms with Crippen molar-refractivity contribution in [2.75, 3.05) is 6.61 Å². The summed E-state index contributed by atoms with van der Waals surface area (Å²) >= 11 is 0. The van der Waals surface area contributed by atoms with Crippen LogP contribution in [-0.4, -0.2) is 18.2 Å². The fourth-order valence-electron chi connectivity index (χ4n) is 2.49. The van der Waals surface area contributed by atoms with Gasteiger partial charge in [0.05, 0.1) is 0 Å². The first-order chi connectivity index (χ1) is 10.0. The van der Waals surface area contributed by atoms with Crippen molar-refractivity contribution in [3.63, 3.8) is 0 Å². The summed E-state index contributed by atoms with van der Waals surface area (Å²) in [6, 6.07) is 5.81. The topological polar surface area (TPSA) is 50.7 Å². The fraction of sp³-hybridized carbons (Fsp3) is 0.529. The molecule has 0 saturated heterocycles. The number of carbonyl (C=O) groups is 1. The molecule has 1 aromatic rings. The Kier molecular flexibility index (Phi) is 5.37. The van der Waals surface area contributed by atoms with Crippen molar-refractivity contribution >= 4 is 11.6 Å². The predicted octanol–water partition coefficient (Wildman–Crippen LogP) is 3.36. The van der Waals surface area contributed by atoms with Crippen molar-refractivity contribution in [1.29, 1.82) is 0 Å². The lowest BCUT2D eigenvalue weighted by molar-refractivity contribution is -0.123. The number of rotatable bonds is 4. The Labute approximate surface area is 126 Å². The van der Waals surface area contributed by atoms with Crippen LogP contribution in [0.2, 0.25) is 0 Å². The lowest BCUT2D eigenvalue weighted by atomic mass is 9.89. The van der Waals surface area contributed by atoms with Crippen LogP contribution in [0.3, 0.4) is 0 Å². The SMILES string of the molecule is Cc1ccc(OCC(=O)N/N=C2/CCC[C@@H](C)C2)cc1C. The predicted molar refractivity (Wildman–Crippen MR) is 84.6 cm³/mol. The van der Waals surface area contributed by atoms with E-state index in [2.05, 4.69) is 17.5 Å². The van der Waals surface area contributed by atoms with Crippen LogP contribution in [0.25, 0.3) is 0 Å². The van der Waals surface area contributed by atoms with Gasteiger partial charge in [-0.1, -0.05) is 13.0 Å². The third-order valence-corrected chi connectivity index (χ3v) is 3.93. The van der Waals surface area contributed by atoms with Crippen LogP contribution in [0.4, 0.5) is 0 Å². The molecule has 21 heavy (non-hydrogen) atoms. The van der Waals surface area contributed by atoms with Crippen molar-refractivity contribution in [2.24, 2.45) is 11.0 Å². The molecule has 1 atom stereocenters. The van der Waals surface area contributed by atoms with E-state index in [1.54, 1.807) is 0 Å². The van der Waals surface area contributed by atoms with Crippen molar-refractivity contribution in [2.45, 2.75) is 46.5 Å². The maximum atomic E-state index is 11.7. The Morgan fingerprint density at radius 2 is 2.19 bits per heavy atom. The van der Waals surface area contributed by atoms with Crippen LogP contribution in [0.1, 0.15) is 43.7 Å². The number of hydrogen-bond donors (Lipinski definition) is 1. The van der Waals surface area contributed by atoms with Crippen LogP contribution < -0.4 is 10.2 Å². The second kappa shape index (κ2) is 7.25. The Morgan fingerprint density at radius 1 is 1.38 bits per heavy atom. The van der Waals surface area contributed by atoms with Crippen molar-refractivity contribution in [1.82, 2.24) is 5.43 Å². The first-order valence-corrected chi connectivity index (χ1v) is 7.59. The largest absolute Gasteiger partial charge is 0.484 e. The number of aryl methyl sites for hydroxylation is 2. The van der Waals surface area contributed by atoms with Gasteiger partial charge in [0.25, 0.3) is 5.91 Å². The van der Waals surface area contributed by atoms with Crippen LogP contribution in [-0.2, 0) is 4.79 Å². The molecule has 0 spiro atoms. The number of hydrogen-bond acceptors (Lipinski definition) is 3. The van der Waals surface area contributed by atoms with Gasteiger partial charge in [-0.25, -0.2) is 5.43 Å². The smallest absolute Gasteiger partial charge is 0.277 e. The first kappa shape index (κ1) is 15.5. The van der Waals surface area contributed by atoms with E-state index in [0.29, 0.717) is 11.7 Å². The molecule has 0 bridgehead atoms. The Balaban J connectivity index is 1.79. The number of benzene rings is 1. The van der Waals surface area contributed by atoms with E-state index in [0.717, 1.165) is 30.5 Å². The molecule has 1 aliphatic rings. The molecule has 0 aromatic heterocycles. The lowest BCUT2D eigenvalue weighted by Gasteiger charge is -2.18. The molecule has 1 amide bonds. The summed E-state index contributed by atoms with van der Waals surface area (Å²) in [5.41, 5.74) is 6.05. The van der Waals surface area contributed by atoms with Crippen LogP contribution in [0.15, 0.2) is 23.3 Å². The molecule has 4 nitrogen and oxygen atoms in total. The molecule has 0 aliphatic heterocycles. The van der Waals surface area contributed by atoms with Gasteiger partial charge in [-0.05, 0) is 68.7 Å². The zero-order chi connectivity index (χ0) is 15.2. The number of nitrogens with zero attached hydrogens (tertiary/aromatic N) is 1. The maximum absolute atomic E-state index is 11.7. The van der Waals surface area contributed by atoms with Crippen molar-refractivity contribution < 1.29 is 9.53 Å². The fourth-order valence-corrected chi connectivity index (χ4v) is 2.49. The van der Waals surface area contributed by atoms with E-state index in [9.17, 15) is 4.79 Å². The molecule has 0 unspecified atom stereocenters. The molecular formula is C17H24N2O2. The van der Waals surface area contributed by atoms with Gasteiger partial charge in [0.15, 0.2) is 6.61 Å². The molecule has 0 radical (unpaired) electrons. The van der Waals surface area contributed by atoms with Crippen LogP contribution >= 0.6 is 0 Å². The van der Waals surface area contributed by atoms with Gasteiger partial charge in [0.1, 0.15) is 5.75 Å². The quantitative estimate of drug-likeness (QED) is 0.864. The molecule has 4 heteroatoms. The van der Waals surface area contributed by atoms with Gasteiger partial charge in [0.2, 0.25) is 0 Å². The Bertz CT molecular complexity index is 538. The highest BCUT2D eigenvalue weighted by Crippen LogP contribution is 2.21. The molecule has 1 N–H and O–H groups in total. The number of amides is 1. The van der Waals surface area contributed by atoms with Gasteiger partial charge < -0.3 is 4.74 Å².